The molecule has 0 saturated heterocycles. The zero-order valence-electron chi connectivity index (χ0n) is 10.5. The van der Waals surface area contributed by atoms with Crippen molar-refractivity contribution in [1.82, 2.24) is 0 Å². The number of alkyl halides is 1. The lowest BCUT2D eigenvalue weighted by molar-refractivity contribution is -0.384. The predicted molar refractivity (Wildman–Crippen MR) is 78.2 cm³/mol. The van der Waals surface area contributed by atoms with E-state index in [0.29, 0.717) is 16.6 Å². The number of benzene rings is 2. The smallest absolute Gasteiger partial charge is 0.270 e. The number of aromatic hydroxyl groups is 1. The van der Waals surface area contributed by atoms with E-state index in [1.165, 1.54) is 12.1 Å². The van der Waals surface area contributed by atoms with Gasteiger partial charge in [0, 0.05) is 23.0 Å². The van der Waals surface area contributed by atoms with Gasteiger partial charge in [0.15, 0.2) is 0 Å². The number of rotatable bonds is 5. The van der Waals surface area contributed by atoms with Crippen LogP contribution in [0.4, 0.5) is 5.69 Å². The van der Waals surface area contributed by atoms with Gasteiger partial charge in [-0.15, -0.1) is 0 Å². The van der Waals surface area contributed by atoms with Crippen LogP contribution >= 0.6 is 15.9 Å². The standard InChI is InChI=1S/C14H12BrNO4/c15-8-11-7-12(16(18)19)4-5-14(11)20-9-10-2-1-3-13(17)6-10/h1-7,17H,8-9H2. The number of nitrogens with zero attached hydrogens (tertiary/aromatic N) is 1. The first kappa shape index (κ1) is 14.3. The molecule has 2 aromatic carbocycles. The highest BCUT2D eigenvalue weighted by Gasteiger charge is 2.11. The van der Waals surface area contributed by atoms with E-state index in [2.05, 4.69) is 15.9 Å². The molecule has 2 aromatic rings. The highest BCUT2D eigenvalue weighted by molar-refractivity contribution is 9.08. The minimum absolute atomic E-state index is 0.0316. The summed E-state index contributed by atoms with van der Waals surface area (Å²) in [5.41, 5.74) is 1.56. The van der Waals surface area contributed by atoms with Crippen LogP contribution in [-0.4, -0.2) is 10.0 Å². The second-order valence-electron chi connectivity index (χ2n) is 4.14. The molecule has 0 unspecified atom stereocenters. The van der Waals surface area contributed by atoms with Gasteiger partial charge in [0.2, 0.25) is 0 Å². The van der Waals surface area contributed by atoms with Crippen LogP contribution in [-0.2, 0) is 11.9 Å². The first-order valence-corrected chi connectivity index (χ1v) is 6.96. The molecule has 0 atom stereocenters. The summed E-state index contributed by atoms with van der Waals surface area (Å²) in [5.74, 6) is 0.756. The number of ether oxygens (including phenoxy) is 1. The Morgan fingerprint density at radius 1 is 1.25 bits per heavy atom. The molecule has 2 rings (SSSR count). The van der Waals surface area contributed by atoms with Gasteiger partial charge in [-0.3, -0.25) is 10.1 Å². The Bertz CT molecular complexity index is 630. The first-order valence-electron chi connectivity index (χ1n) is 5.84. The van der Waals surface area contributed by atoms with Gasteiger partial charge in [-0.05, 0) is 23.8 Å². The van der Waals surface area contributed by atoms with Crippen molar-refractivity contribution in [2.75, 3.05) is 0 Å². The number of hydrogen-bond acceptors (Lipinski definition) is 4. The Labute approximate surface area is 124 Å². The van der Waals surface area contributed by atoms with Gasteiger partial charge < -0.3 is 9.84 Å². The van der Waals surface area contributed by atoms with Gasteiger partial charge in [-0.2, -0.15) is 0 Å². The number of phenols is 1. The molecule has 104 valence electrons. The van der Waals surface area contributed by atoms with Crippen molar-refractivity contribution in [3.05, 3.63) is 63.7 Å². The Morgan fingerprint density at radius 3 is 2.70 bits per heavy atom. The summed E-state index contributed by atoms with van der Waals surface area (Å²) >= 11 is 3.29. The van der Waals surface area contributed by atoms with Crippen molar-refractivity contribution >= 4 is 21.6 Å². The zero-order chi connectivity index (χ0) is 14.5. The minimum atomic E-state index is -0.439. The number of phenolic OH excluding ortho intramolecular Hbond substituents is 1. The molecular weight excluding hydrogens is 326 g/mol. The van der Waals surface area contributed by atoms with Crippen LogP contribution in [0.1, 0.15) is 11.1 Å². The second kappa shape index (κ2) is 6.38. The monoisotopic (exact) mass is 337 g/mol. The highest BCUT2D eigenvalue weighted by Crippen LogP contribution is 2.27. The Morgan fingerprint density at radius 2 is 2.05 bits per heavy atom. The first-order chi connectivity index (χ1) is 9.60. The van der Waals surface area contributed by atoms with E-state index in [9.17, 15) is 15.2 Å². The van der Waals surface area contributed by atoms with Gasteiger partial charge >= 0.3 is 0 Å². The summed E-state index contributed by atoms with van der Waals surface area (Å²) in [6, 6.07) is 11.2. The average Bonchev–Trinajstić information content (AvgIpc) is 2.45. The molecule has 0 aliphatic carbocycles. The maximum atomic E-state index is 10.7. The van der Waals surface area contributed by atoms with Crippen LogP contribution in [0.5, 0.6) is 11.5 Å². The molecule has 0 bridgehead atoms. The van der Waals surface area contributed by atoms with Crippen LogP contribution in [0.15, 0.2) is 42.5 Å². The van der Waals surface area contributed by atoms with Gasteiger partial charge in [0.1, 0.15) is 18.1 Å². The minimum Gasteiger partial charge on any atom is -0.508 e. The van der Waals surface area contributed by atoms with Crippen molar-refractivity contribution in [3.8, 4) is 11.5 Å². The quantitative estimate of drug-likeness (QED) is 0.512. The van der Waals surface area contributed by atoms with E-state index in [1.54, 1.807) is 24.3 Å². The molecule has 0 fully saturated rings. The van der Waals surface area contributed by atoms with Crippen molar-refractivity contribution in [2.45, 2.75) is 11.9 Å². The number of nitro groups is 1. The molecule has 0 spiro atoms. The third-order valence-corrected chi connectivity index (χ3v) is 3.31. The van der Waals surface area contributed by atoms with Crippen molar-refractivity contribution in [3.63, 3.8) is 0 Å². The average molecular weight is 338 g/mol. The number of hydrogen-bond donors (Lipinski definition) is 1. The summed E-state index contributed by atoms with van der Waals surface area (Å²) in [6.45, 7) is 0.284. The summed E-state index contributed by atoms with van der Waals surface area (Å²) in [7, 11) is 0. The van der Waals surface area contributed by atoms with Crippen molar-refractivity contribution < 1.29 is 14.8 Å². The fraction of sp³-hybridized carbons (Fsp3) is 0.143. The number of non-ortho nitro benzene ring substituents is 1. The van der Waals surface area contributed by atoms with E-state index in [4.69, 9.17) is 4.74 Å². The maximum absolute atomic E-state index is 10.7. The zero-order valence-corrected chi connectivity index (χ0v) is 12.0. The van der Waals surface area contributed by atoms with Crippen molar-refractivity contribution in [1.29, 1.82) is 0 Å². The van der Waals surface area contributed by atoms with Crippen molar-refractivity contribution in [2.24, 2.45) is 0 Å². The molecule has 0 saturated carbocycles. The fourth-order valence-electron chi connectivity index (χ4n) is 1.73. The molecule has 0 aliphatic heterocycles. The Hall–Kier alpha value is -2.08. The molecule has 20 heavy (non-hydrogen) atoms. The predicted octanol–water partition coefficient (Wildman–Crippen LogP) is 3.77. The lowest BCUT2D eigenvalue weighted by Gasteiger charge is -2.10. The molecule has 0 heterocycles. The van der Waals surface area contributed by atoms with Gasteiger partial charge in [0.25, 0.3) is 5.69 Å². The topological polar surface area (TPSA) is 72.6 Å². The summed E-state index contributed by atoms with van der Waals surface area (Å²) in [5, 5.41) is 20.6. The van der Waals surface area contributed by atoms with E-state index in [-0.39, 0.29) is 18.0 Å². The lowest BCUT2D eigenvalue weighted by atomic mass is 10.2. The van der Waals surface area contributed by atoms with Crippen LogP contribution in [0.25, 0.3) is 0 Å². The van der Waals surface area contributed by atoms with Gasteiger partial charge in [-0.1, -0.05) is 28.1 Å². The molecule has 6 heteroatoms. The number of halogens is 1. The third kappa shape index (κ3) is 3.48. The lowest BCUT2D eigenvalue weighted by Crippen LogP contribution is -1.99. The Kier molecular flexibility index (Phi) is 4.57. The maximum Gasteiger partial charge on any atom is 0.270 e. The molecule has 1 N–H and O–H groups in total. The highest BCUT2D eigenvalue weighted by atomic mass is 79.9. The largest absolute Gasteiger partial charge is 0.508 e. The van der Waals surface area contributed by atoms with E-state index >= 15 is 0 Å². The molecule has 0 amide bonds. The summed E-state index contributed by atoms with van der Waals surface area (Å²) < 4.78 is 5.64. The summed E-state index contributed by atoms with van der Waals surface area (Å²) in [4.78, 5) is 10.3. The van der Waals surface area contributed by atoms with Crippen LogP contribution in [0.2, 0.25) is 0 Å². The number of nitro benzene ring substituents is 1. The molecule has 0 radical (unpaired) electrons. The van der Waals surface area contributed by atoms with Crippen LogP contribution in [0.3, 0.4) is 0 Å². The second-order valence-corrected chi connectivity index (χ2v) is 4.70. The molecular formula is C14H12BrNO4. The van der Waals surface area contributed by atoms with Crippen LogP contribution < -0.4 is 4.74 Å². The third-order valence-electron chi connectivity index (χ3n) is 2.70. The normalized spacial score (nSPS) is 10.2. The van der Waals surface area contributed by atoms with E-state index < -0.39 is 4.92 Å². The summed E-state index contributed by atoms with van der Waals surface area (Å²) in [6.07, 6.45) is 0. The molecule has 5 nitrogen and oxygen atoms in total. The van der Waals surface area contributed by atoms with E-state index in [0.717, 1.165) is 5.56 Å². The SMILES string of the molecule is O=[N+]([O-])c1ccc(OCc2cccc(O)c2)c(CBr)c1. The van der Waals surface area contributed by atoms with Gasteiger partial charge in [0.05, 0.1) is 4.92 Å². The Balaban J connectivity index is 2.15. The van der Waals surface area contributed by atoms with E-state index in [1.807, 2.05) is 6.07 Å². The molecule has 0 aromatic heterocycles. The molecule has 0 aliphatic rings. The fourth-order valence-corrected chi connectivity index (χ4v) is 2.17. The van der Waals surface area contributed by atoms with Crippen LogP contribution in [0, 0.1) is 10.1 Å². The van der Waals surface area contributed by atoms with Gasteiger partial charge in [-0.25, -0.2) is 0 Å².